The van der Waals surface area contributed by atoms with Crippen LogP contribution in [0.2, 0.25) is 0 Å². The molecule has 2 aromatic carbocycles. The van der Waals surface area contributed by atoms with Crippen LogP contribution in [0.1, 0.15) is 153 Å². The van der Waals surface area contributed by atoms with Crippen molar-refractivity contribution in [2.45, 2.75) is 173 Å². The highest BCUT2D eigenvalue weighted by Crippen LogP contribution is 2.35. The maximum Gasteiger partial charge on any atom is 0.341 e. The van der Waals surface area contributed by atoms with Crippen LogP contribution in [0.25, 0.3) is 11.1 Å². The van der Waals surface area contributed by atoms with Crippen molar-refractivity contribution in [3.05, 3.63) is 58.9 Å². The summed E-state index contributed by atoms with van der Waals surface area (Å²) < 4.78 is 33.7. The summed E-state index contributed by atoms with van der Waals surface area (Å²) in [5.74, 6) is -2.72. The van der Waals surface area contributed by atoms with Gasteiger partial charge in [-0.25, -0.2) is 18.8 Å². The number of carbonyl (C=O) groups excluding carboxylic acids is 3. The predicted molar refractivity (Wildman–Crippen MR) is 201 cm³/mol. The molecule has 3 fully saturated rings. The number of hydrogen-bond acceptors (Lipinski definition) is 9. The summed E-state index contributed by atoms with van der Waals surface area (Å²) in [7, 11) is 0. The van der Waals surface area contributed by atoms with Crippen molar-refractivity contribution >= 4 is 17.9 Å². The van der Waals surface area contributed by atoms with E-state index < -0.39 is 29.8 Å². The Balaban J connectivity index is 1.43. The molecular formula is C42H60FN3O6. The van der Waals surface area contributed by atoms with E-state index in [1.165, 1.54) is 12.1 Å². The first-order chi connectivity index (χ1) is 23.7. The lowest BCUT2D eigenvalue weighted by Crippen LogP contribution is -2.59. The largest absolute Gasteiger partial charge is 0.459 e. The molecule has 286 valence electrons. The van der Waals surface area contributed by atoms with Gasteiger partial charge in [-0.3, -0.25) is 0 Å². The van der Waals surface area contributed by atoms with Gasteiger partial charge in [0, 0.05) is 71.8 Å². The average Bonchev–Trinajstić information content (AvgIpc) is 2.91. The summed E-state index contributed by atoms with van der Waals surface area (Å²) in [6.45, 7) is 24.8. The van der Waals surface area contributed by atoms with Crippen LogP contribution in [0.15, 0.2) is 36.4 Å². The first-order valence-corrected chi connectivity index (χ1v) is 18.7. The Morgan fingerprint density at radius 3 is 1.12 bits per heavy atom. The molecule has 0 radical (unpaired) electrons. The van der Waals surface area contributed by atoms with Gasteiger partial charge in [-0.2, -0.15) is 0 Å². The fourth-order valence-electron chi connectivity index (χ4n) is 9.51. The number of benzene rings is 2. The predicted octanol–water partition coefficient (Wildman–Crippen LogP) is 7.89. The minimum absolute atomic E-state index is 0.0455. The second-order valence-electron chi connectivity index (χ2n) is 19.4. The fourth-order valence-corrected chi connectivity index (χ4v) is 9.51. The molecule has 3 saturated heterocycles. The number of ether oxygens (including phenoxy) is 3. The van der Waals surface area contributed by atoms with Crippen molar-refractivity contribution < 1.29 is 33.0 Å². The third-order valence-electron chi connectivity index (χ3n) is 10.3. The molecule has 9 nitrogen and oxygen atoms in total. The Bertz CT molecular complexity index is 1660. The molecule has 0 aromatic heterocycles. The number of nitrogens with one attached hydrogen (secondary N) is 3. The van der Waals surface area contributed by atoms with Gasteiger partial charge in [0.05, 0.1) is 16.7 Å². The van der Waals surface area contributed by atoms with Crippen LogP contribution in [0.5, 0.6) is 0 Å². The Labute approximate surface area is 309 Å². The number of hydrogen-bond donors (Lipinski definition) is 3. The van der Waals surface area contributed by atoms with Crippen molar-refractivity contribution in [1.29, 1.82) is 0 Å². The molecule has 3 N–H and O–H groups in total. The Morgan fingerprint density at radius 2 is 0.769 bits per heavy atom. The highest BCUT2D eigenvalue weighted by atomic mass is 19.1. The lowest BCUT2D eigenvalue weighted by atomic mass is 9.81. The van der Waals surface area contributed by atoms with Gasteiger partial charge in [-0.1, -0.05) is 12.1 Å². The van der Waals surface area contributed by atoms with E-state index in [0.29, 0.717) is 49.7 Å². The number of halogens is 1. The molecule has 3 aliphatic heterocycles. The Morgan fingerprint density at radius 1 is 0.481 bits per heavy atom. The molecule has 3 aliphatic rings. The van der Waals surface area contributed by atoms with Crippen LogP contribution < -0.4 is 16.0 Å². The molecule has 3 heterocycles. The molecule has 10 heteroatoms. The van der Waals surface area contributed by atoms with Gasteiger partial charge in [0.15, 0.2) is 0 Å². The monoisotopic (exact) mass is 721 g/mol. The Hall–Kier alpha value is -3.34. The third-order valence-corrected chi connectivity index (χ3v) is 10.3. The second kappa shape index (κ2) is 13.8. The van der Waals surface area contributed by atoms with Crippen LogP contribution in [0.3, 0.4) is 0 Å². The summed E-state index contributed by atoms with van der Waals surface area (Å²) in [6, 6.07) is 9.04. The molecule has 0 amide bonds. The summed E-state index contributed by atoms with van der Waals surface area (Å²) in [5.41, 5.74) is -0.655. The first-order valence-electron chi connectivity index (χ1n) is 18.7. The summed E-state index contributed by atoms with van der Waals surface area (Å²) in [4.78, 5) is 41.1. The van der Waals surface area contributed by atoms with Crippen molar-refractivity contribution in [1.82, 2.24) is 16.0 Å². The number of rotatable bonds is 7. The molecule has 0 saturated carbocycles. The van der Waals surface area contributed by atoms with Crippen LogP contribution in [0.4, 0.5) is 4.39 Å². The zero-order valence-corrected chi connectivity index (χ0v) is 33.3. The zero-order valence-electron chi connectivity index (χ0n) is 33.3. The molecule has 5 rings (SSSR count). The number of esters is 3. The fraction of sp³-hybridized carbons (Fsp3) is 0.643. The van der Waals surface area contributed by atoms with E-state index in [1.54, 1.807) is 24.3 Å². The van der Waals surface area contributed by atoms with Gasteiger partial charge < -0.3 is 30.2 Å². The van der Waals surface area contributed by atoms with Gasteiger partial charge in [0.2, 0.25) is 0 Å². The lowest BCUT2D eigenvalue weighted by molar-refractivity contribution is -0.0106. The van der Waals surface area contributed by atoms with Crippen molar-refractivity contribution in [2.24, 2.45) is 0 Å². The van der Waals surface area contributed by atoms with E-state index in [4.69, 9.17) is 14.2 Å². The lowest BCUT2D eigenvalue weighted by Gasteiger charge is -2.46. The van der Waals surface area contributed by atoms with E-state index in [9.17, 15) is 14.4 Å². The highest BCUT2D eigenvalue weighted by Gasteiger charge is 2.42. The van der Waals surface area contributed by atoms with Crippen LogP contribution >= 0.6 is 0 Å². The summed E-state index contributed by atoms with van der Waals surface area (Å²) in [6.07, 6.45) is 2.50. The third kappa shape index (κ3) is 9.99. The molecule has 2 aromatic rings. The zero-order chi connectivity index (χ0) is 38.7. The van der Waals surface area contributed by atoms with E-state index in [2.05, 4.69) is 99.0 Å². The quantitative estimate of drug-likeness (QED) is 0.194. The molecule has 0 aliphatic carbocycles. The molecule has 0 bridgehead atoms. The van der Waals surface area contributed by atoms with E-state index in [-0.39, 0.29) is 62.1 Å². The summed E-state index contributed by atoms with van der Waals surface area (Å²) >= 11 is 0. The first kappa shape index (κ1) is 39.9. The van der Waals surface area contributed by atoms with Crippen LogP contribution in [0, 0.1) is 5.82 Å². The van der Waals surface area contributed by atoms with Crippen molar-refractivity contribution in [3.8, 4) is 11.1 Å². The standard InChI is InChI=1S/C42H60FN3O6/c1-37(2)19-27(20-38(3,4)44-37)50-34(47)30-15-13-25(17-32(30)36(49)52-29-23-41(9,10)46-42(11,12)24-29)26-14-16-31(33(43)18-26)35(48)51-28-21-39(5,6)45-40(7,8)22-28/h13-18,27-29,44-46H,19-24H2,1-12H3. The van der Waals surface area contributed by atoms with Gasteiger partial charge in [-0.05, 0) is 118 Å². The molecule has 52 heavy (non-hydrogen) atoms. The van der Waals surface area contributed by atoms with Crippen LogP contribution in [-0.4, -0.2) is 69.5 Å². The van der Waals surface area contributed by atoms with Gasteiger partial charge >= 0.3 is 17.9 Å². The minimum Gasteiger partial charge on any atom is -0.459 e. The number of piperidine rings is 3. The van der Waals surface area contributed by atoms with Crippen LogP contribution in [-0.2, 0) is 14.2 Å². The Kier molecular flexibility index (Phi) is 10.6. The van der Waals surface area contributed by atoms with E-state index in [0.717, 1.165) is 0 Å². The SMILES string of the molecule is CC1(C)CC(OC(=O)c2ccc(-c3ccc(C(=O)OC4CC(C)(C)NC(C)(C)C4)c(C(=O)OC4CC(C)(C)NC(C)(C)C4)c3)cc2F)CC(C)(C)N1. The van der Waals surface area contributed by atoms with E-state index >= 15 is 4.39 Å². The average molecular weight is 722 g/mol. The number of carbonyl (C=O) groups is 3. The molecule has 0 unspecified atom stereocenters. The topological polar surface area (TPSA) is 115 Å². The van der Waals surface area contributed by atoms with E-state index in [1.807, 2.05) is 0 Å². The minimum atomic E-state index is -0.738. The normalized spacial score (nSPS) is 23.7. The smallest absolute Gasteiger partial charge is 0.341 e. The summed E-state index contributed by atoms with van der Waals surface area (Å²) in [5, 5.41) is 10.8. The molecule has 0 atom stereocenters. The maximum atomic E-state index is 15.7. The highest BCUT2D eigenvalue weighted by molar-refractivity contribution is 6.04. The molecular weight excluding hydrogens is 661 g/mol. The van der Waals surface area contributed by atoms with Crippen molar-refractivity contribution in [2.75, 3.05) is 0 Å². The van der Waals surface area contributed by atoms with Gasteiger partial charge in [0.1, 0.15) is 24.1 Å². The van der Waals surface area contributed by atoms with Gasteiger partial charge in [-0.15, -0.1) is 0 Å². The molecule has 0 spiro atoms. The second-order valence-corrected chi connectivity index (χ2v) is 19.4. The van der Waals surface area contributed by atoms with Crippen molar-refractivity contribution in [3.63, 3.8) is 0 Å². The maximum absolute atomic E-state index is 15.7. The van der Waals surface area contributed by atoms with Gasteiger partial charge in [0.25, 0.3) is 0 Å².